The molecule has 0 radical (unpaired) electrons. The van der Waals surface area contributed by atoms with Gasteiger partial charge in [0.2, 0.25) is 0 Å². The molecule has 1 nitrogen and oxygen atoms in total. The average Bonchev–Trinajstić information content (AvgIpc) is 1.67. The Kier molecular flexibility index (Phi) is 1.52. The van der Waals surface area contributed by atoms with Gasteiger partial charge in [-0.2, -0.15) is 0 Å². The third kappa shape index (κ3) is 0.730. The minimum absolute atomic E-state index is 0.0312. The third-order valence-electron chi connectivity index (χ3n) is 2.03. The Bertz CT molecular complexity index is 65.1. The van der Waals surface area contributed by atoms with Crippen LogP contribution in [0.2, 0.25) is 0 Å². The maximum Gasteiger partial charge on any atom is 0.0972 e. The number of aliphatic hydroxyl groups is 1. The zero-order valence-corrected chi connectivity index (χ0v) is 4.86. The first-order valence-corrected chi connectivity index (χ1v) is 3.00. The second-order valence-corrected chi connectivity index (χ2v) is 2.65. The molecule has 2 heteroatoms. The van der Waals surface area contributed by atoms with Gasteiger partial charge in [0.1, 0.15) is 0 Å². The lowest BCUT2D eigenvalue weighted by molar-refractivity contribution is 0.0205. The molecule has 0 amide bonds. The highest BCUT2D eigenvalue weighted by Gasteiger charge is 2.36. The van der Waals surface area contributed by atoms with Gasteiger partial charge in [-0.05, 0) is 12.8 Å². The minimum Gasteiger partial charge on any atom is -0.396 e. The Morgan fingerprint density at radius 3 is 2.12 bits per heavy atom. The van der Waals surface area contributed by atoms with Crippen LogP contribution in [0, 0.1) is 5.41 Å². The molecule has 1 N–H and O–H groups in total. The standard InChI is InChI=1S/C6H11FO/c7-4-6(5-8)2-1-3-6/h8H,1-5H2. The summed E-state index contributed by atoms with van der Waals surface area (Å²) >= 11 is 0. The fraction of sp³-hybridized carbons (Fsp3) is 1.00. The summed E-state index contributed by atoms with van der Waals surface area (Å²) in [6.07, 6.45) is 2.84. The molecule has 1 aliphatic carbocycles. The van der Waals surface area contributed by atoms with Gasteiger partial charge < -0.3 is 5.11 Å². The van der Waals surface area contributed by atoms with E-state index in [1.54, 1.807) is 0 Å². The second-order valence-electron chi connectivity index (χ2n) is 2.65. The van der Waals surface area contributed by atoms with Gasteiger partial charge in [-0.25, -0.2) is 0 Å². The van der Waals surface area contributed by atoms with Crippen molar-refractivity contribution in [1.29, 1.82) is 0 Å². The smallest absolute Gasteiger partial charge is 0.0972 e. The molecule has 0 heterocycles. The third-order valence-corrected chi connectivity index (χ3v) is 2.03. The van der Waals surface area contributed by atoms with Gasteiger partial charge in [0.25, 0.3) is 0 Å². The summed E-state index contributed by atoms with van der Waals surface area (Å²) in [6, 6.07) is 0. The van der Waals surface area contributed by atoms with Gasteiger partial charge in [0.15, 0.2) is 0 Å². The van der Waals surface area contributed by atoms with Crippen molar-refractivity contribution in [3.63, 3.8) is 0 Å². The van der Waals surface area contributed by atoms with Crippen LogP contribution in [0.15, 0.2) is 0 Å². The molecule has 48 valence electrons. The van der Waals surface area contributed by atoms with E-state index >= 15 is 0 Å². The van der Waals surface area contributed by atoms with Gasteiger partial charge in [0, 0.05) is 5.41 Å². The van der Waals surface area contributed by atoms with Gasteiger partial charge in [-0.3, -0.25) is 4.39 Å². The first-order chi connectivity index (χ1) is 3.83. The number of aliphatic hydroxyl groups excluding tert-OH is 1. The van der Waals surface area contributed by atoms with E-state index in [1.165, 1.54) is 0 Å². The van der Waals surface area contributed by atoms with Crippen LogP contribution in [0.25, 0.3) is 0 Å². The van der Waals surface area contributed by atoms with Crippen molar-refractivity contribution in [3.05, 3.63) is 0 Å². The fourth-order valence-corrected chi connectivity index (χ4v) is 1.01. The van der Waals surface area contributed by atoms with E-state index < -0.39 is 0 Å². The summed E-state index contributed by atoms with van der Waals surface area (Å²) in [5, 5.41) is 8.60. The van der Waals surface area contributed by atoms with Gasteiger partial charge in [-0.1, -0.05) is 6.42 Å². The molecule has 0 spiro atoms. The molecule has 0 aromatic rings. The Balaban J connectivity index is 2.33. The molecule has 0 aromatic carbocycles. The minimum atomic E-state index is -0.344. The maximum atomic E-state index is 11.9. The van der Waals surface area contributed by atoms with E-state index in [-0.39, 0.29) is 18.7 Å². The summed E-state index contributed by atoms with van der Waals surface area (Å²) < 4.78 is 11.9. The van der Waals surface area contributed by atoms with Crippen molar-refractivity contribution in [2.45, 2.75) is 19.3 Å². The monoisotopic (exact) mass is 118 g/mol. The number of alkyl halides is 1. The highest BCUT2D eigenvalue weighted by molar-refractivity contribution is 4.86. The van der Waals surface area contributed by atoms with Crippen LogP contribution < -0.4 is 0 Å². The van der Waals surface area contributed by atoms with Crippen LogP contribution in [-0.4, -0.2) is 18.4 Å². The molecule has 8 heavy (non-hydrogen) atoms. The molecule has 0 aliphatic heterocycles. The number of hydrogen-bond donors (Lipinski definition) is 1. The van der Waals surface area contributed by atoms with Crippen molar-refractivity contribution in [2.75, 3.05) is 13.3 Å². The molecule has 0 aromatic heterocycles. The van der Waals surface area contributed by atoms with E-state index in [9.17, 15) is 4.39 Å². The average molecular weight is 118 g/mol. The molecule has 0 atom stereocenters. The van der Waals surface area contributed by atoms with Crippen molar-refractivity contribution in [3.8, 4) is 0 Å². The molecule has 0 saturated heterocycles. The van der Waals surface area contributed by atoms with Gasteiger partial charge in [-0.15, -0.1) is 0 Å². The predicted molar refractivity (Wildman–Crippen MR) is 29.3 cm³/mol. The Morgan fingerprint density at radius 2 is 2.12 bits per heavy atom. The molecule has 0 bridgehead atoms. The van der Waals surface area contributed by atoms with Crippen molar-refractivity contribution >= 4 is 0 Å². The zero-order chi connectivity index (χ0) is 6.04. The maximum absolute atomic E-state index is 11.9. The van der Waals surface area contributed by atoms with E-state index in [1.807, 2.05) is 0 Å². The highest BCUT2D eigenvalue weighted by Crippen LogP contribution is 2.40. The topological polar surface area (TPSA) is 20.2 Å². The predicted octanol–water partition coefficient (Wildman–Crippen LogP) is 1.12. The van der Waals surface area contributed by atoms with Crippen LogP contribution in [0.4, 0.5) is 4.39 Å². The SMILES string of the molecule is OCC1(CF)CCC1. The van der Waals surface area contributed by atoms with Crippen LogP contribution in [0.1, 0.15) is 19.3 Å². The Hall–Kier alpha value is -0.110. The molecule has 1 aliphatic rings. The lowest BCUT2D eigenvalue weighted by Crippen LogP contribution is -2.35. The van der Waals surface area contributed by atoms with Crippen LogP contribution in [-0.2, 0) is 0 Å². The normalized spacial score (nSPS) is 24.8. The number of rotatable bonds is 2. The van der Waals surface area contributed by atoms with Crippen molar-refractivity contribution in [2.24, 2.45) is 5.41 Å². The first kappa shape index (κ1) is 6.02. The van der Waals surface area contributed by atoms with Crippen molar-refractivity contribution < 1.29 is 9.50 Å². The molecule has 0 unspecified atom stereocenters. The van der Waals surface area contributed by atoms with Gasteiger partial charge >= 0.3 is 0 Å². The molecular weight excluding hydrogens is 107 g/mol. The largest absolute Gasteiger partial charge is 0.396 e. The molecule has 1 saturated carbocycles. The second kappa shape index (κ2) is 2.02. The lowest BCUT2D eigenvalue weighted by atomic mass is 9.70. The van der Waals surface area contributed by atoms with Crippen LogP contribution in [0.5, 0.6) is 0 Å². The van der Waals surface area contributed by atoms with E-state index in [4.69, 9.17) is 5.11 Å². The fourth-order valence-electron chi connectivity index (χ4n) is 1.01. The first-order valence-electron chi connectivity index (χ1n) is 3.00. The van der Waals surface area contributed by atoms with E-state index in [0.29, 0.717) is 0 Å². The summed E-state index contributed by atoms with van der Waals surface area (Å²) in [5.74, 6) is 0. The van der Waals surface area contributed by atoms with Crippen molar-refractivity contribution in [1.82, 2.24) is 0 Å². The Morgan fingerprint density at radius 1 is 1.50 bits per heavy atom. The van der Waals surface area contributed by atoms with Crippen LogP contribution >= 0.6 is 0 Å². The number of hydrogen-bond acceptors (Lipinski definition) is 1. The molecule has 1 fully saturated rings. The summed E-state index contributed by atoms with van der Waals surface area (Å²) in [6.45, 7) is -0.312. The van der Waals surface area contributed by atoms with E-state index in [0.717, 1.165) is 19.3 Å². The van der Waals surface area contributed by atoms with E-state index in [2.05, 4.69) is 0 Å². The Labute approximate surface area is 48.5 Å². The molecule has 1 rings (SSSR count). The highest BCUT2D eigenvalue weighted by atomic mass is 19.1. The zero-order valence-electron chi connectivity index (χ0n) is 4.86. The van der Waals surface area contributed by atoms with Gasteiger partial charge in [0.05, 0.1) is 13.3 Å². The quantitative estimate of drug-likeness (QED) is 0.576. The summed E-state index contributed by atoms with van der Waals surface area (Å²) in [4.78, 5) is 0. The molecular formula is C6H11FO. The summed E-state index contributed by atoms with van der Waals surface area (Å²) in [5.41, 5.74) is -0.306. The lowest BCUT2D eigenvalue weighted by Gasteiger charge is -2.37. The number of halogens is 1. The summed E-state index contributed by atoms with van der Waals surface area (Å²) in [7, 11) is 0. The van der Waals surface area contributed by atoms with Crippen LogP contribution in [0.3, 0.4) is 0 Å².